The van der Waals surface area contributed by atoms with Gasteiger partial charge >= 0.3 is 5.97 Å². The van der Waals surface area contributed by atoms with E-state index in [0.717, 1.165) is 23.3 Å². The van der Waals surface area contributed by atoms with Crippen LogP contribution in [0.4, 0.5) is 0 Å². The molecule has 7 heteroatoms. The molecule has 2 aromatic carbocycles. The predicted molar refractivity (Wildman–Crippen MR) is 116 cm³/mol. The number of nitrogens with one attached hydrogen (secondary N) is 2. The van der Waals surface area contributed by atoms with Gasteiger partial charge in [-0.15, -0.1) is 11.8 Å². The third-order valence-electron chi connectivity index (χ3n) is 5.22. The minimum absolute atomic E-state index is 0.0289. The number of carbonyl (C=O) groups is 3. The van der Waals surface area contributed by atoms with E-state index in [1.54, 1.807) is 6.92 Å². The van der Waals surface area contributed by atoms with Crippen LogP contribution in [0.5, 0.6) is 0 Å². The molecule has 0 heterocycles. The van der Waals surface area contributed by atoms with Crippen LogP contribution in [0, 0.1) is 0 Å². The number of benzene rings is 2. The minimum atomic E-state index is -1.04. The van der Waals surface area contributed by atoms with E-state index in [2.05, 4.69) is 34.9 Å². The maximum atomic E-state index is 11.6. The van der Waals surface area contributed by atoms with Crippen LogP contribution in [0.3, 0.4) is 0 Å². The summed E-state index contributed by atoms with van der Waals surface area (Å²) in [6.07, 6.45) is 1.78. The van der Waals surface area contributed by atoms with Gasteiger partial charge in [-0.25, -0.2) is 4.79 Å². The lowest BCUT2D eigenvalue weighted by Gasteiger charge is -2.32. The summed E-state index contributed by atoms with van der Waals surface area (Å²) in [5.74, 6) is -0.955. The van der Waals surface area contributed by atoms with Gasteiger partial charge in [-0.3, -0.25) is 9.59 Å². The van der Waals surface area contributed by atoms with Crippen molar-refractivity contribution in [3.05, 3.63) is 65.2 Å². The van der Waals surface area contributed by atoms with Gasteiger partial charge in [0.1, 0.15) is 6.04 Å². The molecule has 6 nitrogen and oxygen atoms in total. The maximum Gasteiger partial charge on any atom is 0.327 e. The molecule has 3 rings (SSSR count). The largest absolute Gasteiger partial charge is 0.480 e. The van der Waals surface area contributed by atoms with Crippen molar-refractivity contribution in [3.8, 4) is 0 Å². The summed E-state index contributed by atoms with van der Waals surface area (Å²) < 4.78 is 0. The number of fused-ring (bicyclic) bond motifs is 1. The highest BCUT2D eigenvalue weighted by molar-refractivity contribution is 7.99. The van der Waals surface area contributed by atoms with E-state index in [4.69, 9.17) is 0 Å². The first-order valence-corrected chi connectivity index (χ1v) is 10.9. The lowest BCUT2D eigenvalue weighted by Crippen LogP contribution is -2.41. The first-order valence-electron chi connectivity index (χ1n) is 9.93. The third kappa shape index (κ3) is 5.42. The molecule has 0 aromatic heterocycles. The second-order valence-electron chi connectivity index (χ2n) is 7.49. The average molecular weight is 427 g/mol. The van der Waals surface area contributed by atoms with Gasteiger partial charge in [0.25, 0.3) is 0 Å². The Morgan fingerprint density at radius 3 is 2.43 bits per heavy atom. The van der Waals surface area contributed by atoms with E-state index >= 15 is 0 Å². The van der Waals surface area contributed by atoms with Gasteiger partial charge in [-0.05, 0) is 41.7 Å². The van der Waals surface area contributed by atoms with Crippen LogP contribution in [0.2, 0.25) is 0 Å². The first kappa shape index (κ1) is 21.9. The van der Waals surface area contributed by atoms with Crippen LogP contribution in [0.25, 0.3) is 0 Å². The van der Waals surface area contributed by atoms with Crippen LogP contribution in [0.15, 0.2) is 53.4 Å². The van der Waals surface area contributed by atoms with E-state index in [9.17, 15) is 19.5 Å². The minimum Gasteiger partial charge on any atom is -0.480 e. The van der Waals surface area contributed by atoms with E-state index in [-0.39, 0.29) is 29.5 Å². The van der Waals surface area contributed by atoms with Crippen LogP contribution >= 0.6 is 11.8 Å². The van der Waals surface area contributed by atoms with Crippen molar-refractivity contribution in [1.82, 2.24) is 10.6 Å². The molecule has 0 spiro atoms. The molecule has 3 atom stereocenters. The van der Waals surface area contributed by atoms with Crippen molar-refractivity contribution in [2.24, 2.45) is 0 Å². The first-order chi connectivity index (χ1) is 14.3. The van der Waals surface area contributed by atoms with Gasteiger partial charge in [-0.2, -0.15) is 0 Å². The van der Waals surface area contributed by atoms with Gasteiger partial charge < -0.3 is 15.7 Å². The highest BCUT2D eigenvalue weighted by Crippen LogP contribution is 2.41. The van der Waals surface area contributed by atoms with Gasteiger partial charge in [0.2, 0.25) is 11.8 Å². The SMILES string of the molecule is CC(=O)N[C@@H](CSc1cccc([C@H]2CC[C@@H](NC(C)=O)c3ccccc32)c1)C(=O)O. The van der Waals surface area contributed by atoms with Gasteiger partial charge in [0, 0.05) is 30.4 Å². The third-order valence-corrected chi connectivity index (χ3v) is 6.31. The highest BCUT2D eigenvalue weighted by Gasteiger charge is 2.28. The van der Waals surface area contributed by atoms with Crippen molar-refractivity contribution in [2.75, 3.05) is 5.75 Å². The Bertz CT molecular complexity index is 946. The van der Waals surface area contributed by atoms with Crippen LogP contribution < -0.4 is 10.6 Å². The molecule has 0 bridgehead atoms. The number of hydrogen-bond donors (Lipinski definition) is 3. The van der Waals surface area contributed by atoms with Crippen LogP contribution in [0.1, 0.15) is 55.3 Å². The van der Waals surface area contributed by atoms with Gasteiger partial charge in [0.15, 0.2) is 0 Å². The summed E-state index contributed by atoms with van der Waals surface area (Å²) in [5, 5.41) is 14.8. The lowest BCUT2D eigenvalue weighted by atomic mass is 9.77. The quantitative estimate of drug-likeness (QED) is 0.589. The monoisotopic (exact) mass is 426 g/mol. The number of carboxylic acid groups (broad SMARTS) is 1. The summed E-state index contributed by atoms with van der Waals surface area (Å²) in [5.41, 5.74) is 3.53. The summed E-state index contributed by atoms with van der Waals surface area (Å²) >= 11 is 1.41. The molecule has 3 N–H and O–H groups in total. The Morgan fingerprint density at radius 2 is 1.77 bits per heavy atom. The molecule has 0 saturated carbocycles. The Kier molecular flexibility index (Phi) is 7.15. The van der Waals surface area contributed by atoms with E-state index in [0.29, 0.717) is 0 Å². The molecule has 2 aromatic rings. The van der Waals surface area contributed by atoms with Crippen LogP contribution in [-0.4, -0.2) is 34.7 Å². The predicted octanol–water partition coefficient (Wildman–Crippen LogP) is 3.47. The topological polar surface area (TPSA) is 95.5 Å². The molecule has 158 valence electrons. The molecule has 0 unspecified atom stereocenters. The Morgan fingerprint density at radius 1 is 1.03 bits per heavy atom. The van der Waals surface area contributed by atoms with Gasteiger partial charge in [0.05, 0.1) is 6.04 Å². The van der Waals surface area contributed by atoms with E-state index in [1.165, 1.54) is 29.8 Å². The normalized spacial score (nSPS) is 18.7. The molecule has 0 saturated heterocycles. The van der Waals surface area contributed by atoms with E-state index in [1.807, 2.05) is 24.3 Å². The molecular weight excluding hydrogens is 400 g/mol. The van der Waals surface area contributed by atoms with Crippen molar-refractivity contribution >= 4 is 29.5 Å². The zero-order valence-corrected chi connectivity index (χ0v) is 17.9. The number of aliphatic carboxylic acids is 1. The molecule has 2 amide bonds. The van der Waals surface area contributed by atoms with Crippen LogP contribution in [-0.2, 0) is 14.4 Å². The Labute approximate surface area is 180 Å². The number of carboxylic acids is 1. The number of carbonyl (C=O) groups excluding carboxylic acids is 2. The van der Waals surface area contributed by atoms with Crippen molar-refractivity contribution in [3.63, 3.8) is 0 Å². The molecule has 0 aliphatic heterocycles. The molecule has 1 aliphatic carbocycles. The second-order valence-corrected chi connectivity index (χ2v) is 8.58. The van der Waals surface area contributed by atoms with Crippen molar-refractivity contribution in [2.45, 2.75) is 49.6 Å². The molecule has 0 radical (unpaired) electrons. The Hall–Kier alpha value is -2.80. The fourth-order valence-corrected chi connectivity index (χ4v) is 4.93. The number of amides is 2. The van der Waals surface area contributed by atoms with Crippen molar-refractivity contribution in [1.29, 1.82) is 0 Å². The highest BCUT2D eigenvalue weighted by atomic mass is 32.2. The average Bonchev–Trinajstić information content (AvgIpc) is 2.71. The summed E-state index contributed by atoms with van der Waals surface area (Å²) in [6, 6.07) is 15.4. The second kappa shape index (κ2) is 9.80. The molecule has 0 fully saturated rings. The number of hydrogen-bond acceptors (Lipinski definition) is 4. The Balaban J connectivity index is 1.79. The zero-order chi connectivity index (χ0) is 21.7. The zero-order valence-electron chi connectivity index (χ0n) is 17.1. The fourth-order valence-electron chi connectivity index (χ4n) is 3.95. The lowest BCUT2D eigenvalue weighted by molar-refractivity contribution is -0.140. The number of rotatable bonds is 7. The molecule has 30 heavy (non-hydrogen) atoms. The van der Waals surface area contributed by atoms with E-state index < -0.39 is 12.0 Å². The summed E-state index contributed by atoms with van der Waals surface area (Å²) in [4.78, 5) is 35.1. The number of thioether (sulfide) groups is 1. The van der Waals surface area contributed by atoms with Crippen molar-refractivity contribution < 1.29 is 19.5 Å². The summed E-state index contributed by atoms with van der Waals surface area (Å²) in [7, 11) is 0. The van der Waals surface area contributed by atoms with Gasteiger partial charge in [-0.1, -0.05) is 36.4 Å². The summed E-state index contributed by atoms with van der Waals surface area (Å²) in [6.45, 7) is 2.86. The molecular formula is C23H26N2O4S. The standard InChI is InChI=1S/C23H26N2O4S/c1-14(26)24-21-11-10-18(19-8-3-4-9-20(19)21)16-6-5-7-17(12-16)30-13-22(23(28)29)25-15(2)27/h3-9,12,18,21-22H,10-11,13H2,1-2H3,(H,24,26)(H,25,27)(H,28,29)/t18-,21-,22+/m1/s1. The smallest absolute Gasteiger partial charge is 0.327 e. The fraction of sp³-hybridized carbons (Fsp3) is 0.348. The maximum absolute atomic E-state index is 11.6. The molecule has 1 aliphatic rings.